The van der Waals surface area contributed by atoms with E-state index in [2.05, 4.69) is 5.32 Å². The Bertz CT molecular complexity index is 596. The normalized spacial score (nSPS) is 14.8. The molecule has 0 spiro atoms. The van der Waals surface area contributed by atoms with E-state index in [0.717, 1.165) is 0 Å². The maximum absolute atomic E-state index is 12.7. The zero-order valence-electron chi connectivity index (χ0n) is 19.3. The van der Waals surface area contributed by atoms with Gasteiger partial charge in [0.2, 0.25) is 0 Å². The molecule has 0 aromatic rings. The van der Waals surface area contributed by atoms with Crippen molar-refractivity contribution in [2.75, 3.05) is 0 Å². The Balaban J connectivity index is 5.59. The predicted molar refractivity (Wildman–Crippen MR) is 112 cm³/mol. The minimum atomic E-state index is -1.04. The number of nitrogens with one attached hydrogen (secondary N) is 1. The fraction of sp³-hybridized carbons (Fsp3) is 0.762. The summed E-state index contributed by atoms with van der Waals surface area (Å²) < 4.78 is 18.2. The SMILES string of the molecule is CC(C)(C)OC(=O)NC(C[C@H](C/C=[CH]/[Tl])C(=O)OC(C)(C)C)C(=O)OC(C)(C)C. The molecule has 0 fully saturated rings. The third-order valence-electron chi connectivity index (χ3n) is 3.20. The summed E-state index contributed by atoms with van der Waals surface area (Å²) in [6, 6.07) is -1.04. The van der Waals surface area contributed by atoms with Crippen LogP contribution in [0.15, 0.2) is 9.71 Å². The Hall–Kier alpha value is -1.13. The first-order valence-corrected chi connectivity index (χ1v) is 12.3. The Morgan fingerprint density at radius 2 is 1.28 bits per heavy atom. The number of carbonyl (C=O) groups excluding carboxylic acids is 3. The maximum atomic E-state index is 12.7. The van der Waals surface area contributed by atoms with Crippen LogP contribution in [0, 0.1) is 5.92 Å². The third kappa shape index (κ3) is 14.5. The van der Waals surface area contributed by atoms with Gasteiger partial charge in [-0.05, 0) is 0 Å². The predicted octanol–water partition coefficient (Wildman–Crippen LogP) is 3.64. The summed E-state index contributed by atoms with van der Waals surface area (Å²) in [7, 11) is 0. The van der Waals surface area contributed by atoms with Crippen molar-refractivity contribution in [3.63, 3.8) is 0 Å². The van der Waals surface area contributed by atoms with Gasteiger partial charge in [0.25, 0.3) is 0 Å². The number of hydrogen-bond acceptors (Lipinski definition) is 6. The molecule has 8 heteroatoms. The van der Waals surface area contributed by atoms with E-state index in [-0.39, 0.29) is 6.42 Å². The van der Waals surface area contributed by atoms with E-state index in [1.165, 1.54) is 0 Å². The van der Waals surface area contributed by atoms with Gasteiger partial charge in [-0.25, -0.2) is 0 Å². The molecular weight excluding hydrogens is 567 g/mol. The van der Waals surface area contributed by atoms with E-state index < -0.39 is 46.8 Å². The van der Waals surface area contributed by atoms with Gasteiger partial charge in [-0.1, -0.05) is 0 Å². The van der Waals surface area contributed by atoms with Crippen molar-refractivity contribution in [3.8, 4) is 0 Å². The molecule has 0 aliphatic rings. The van der Waals surface area contributed by atoms with Crippen molar-refractivity contribution in [1.82, 2.24) is 5.32 Å². The van der Waals surface area contributed by atoms with Crippen molar-refractivity contribution in [2.45, 2.75) is 98.0 Å². The summed E-state index contributed by atoms with van der Waals surface area (Å²) in [6.45, 7) is 15.8. The number of esters is 2. The molecule has 0 saturated heterocycles. The quantitative estimate of drug-likeness (QED) is 0.272. The van der Waals surface area contributed by atoms with E-state index in [4.69, 9.17) is 14.2 Å². The third-order valence-corrected chi connectivity index (χ3v) is 4.26. The first kappa shape index (κ1) is 27.9. The Morgan fingerprint density at radius 3 is 1.69 bits per heavy atom. The standard InChI is InChI=1S/C21H36NO6.Tl/c1-11-12-14(16(23)26-19(2,3)4)13-15(17(24)27-20(5,6)7)22-18(25)28-21(8,9)10;/h1,11,14-15H,12-13H2,2-10H3,(H,22,25);/t14-,15?;/m0./s1. The Morgan fingerprint density at radius 1 is 0.828 bits per heavy atom. The number of allylic oxidation sites excluding steroid dienone is 1. The van der Waals surface area contributed by atoms with Gasteiger partial charge < -0.3 is 0 Å². The summed E-state index contributed by atoms with van der Waals surface area (Å²) in [5.41, 5.74) is -2.10. The Labute approximate surface area is 191 Å². The average molecular weight is 603 g/mol. The number of ether oxygens (including phenoxy) is 3. The van der Waals surface area contributed by atoms with E-state index in [0.29, 0.717) is 32.2 Å². The fourth-order valence-electron chi connectivity index (χ4n) is 2.24. The second kappa shape index (κ2) is 11.3. The van der Waals surface area contributed by atoms with Crippen molar-refractivity contribution in [1.29, 1.82) is 0 Å². The van der Waals surface area contributed by atoms with Crippen LogP contribution in [0.3, 0.4) is 0 Å². The molecule has 7 nitrogen and oxygen atoms in total. The van der Waals surface area contributed by atoms with Crippen LogP contribution in [-0.4, -0.2) is 66.6 Å². The number of amides is 1. The molecule has 0 aromatic carbocycles. The van der Waals surface area contributed by atoms with Gasteiger partial charge in [-0.3, -0.25) is 0 Å². The van der Waals surface area contributed by atoms with Gasteiger partial charge in [0, 0.05) is 0 Å². The monoisotopic (exact) mass is 603 g/mol. The van der Waals surface area contributed by atoms with Crippen LogP contribution in [0.2, 0.25) is 0 Å². The molecule has 2 atom stereocenters. The molecule has 1 N–H and O–H groups in total. The summed E-state index contributed by atoms with van der Waals surface area (Å²) in [6.07, 6.45) is 1.63. The molecule has 0 rings (SSSR count). The molecule has 0 radical (unpaired) electrons. The first-order valence-electron chi connectivity index (χ1n) is 9.75. The molecule has 0 aliphatic heterocycles. The van der Waals surface area contributed by atoms with Crippen molar-refractivity contribution >= 4 is 43.8 Å². The zero-order chi connectivity index (χ0) is 23.0. The number of hydrogen-bond donors (Lipinski definition) is 1. The van der Waals surface area contributed by atoms with E-state index >= 15 is 0 Å². The van der Waals surface area contributed by atoms with Crippen LogP contribution >= 0.6 is 0 Å². The van der Waals surface area contributed by atoms with Crippen LogP contribution in [0.4, 0.5) is 4.79 Å². The molecule has 0 bridgehead atoms. The van der Waals surface area contributed by atoms with Gasteiger partial charge in [0.1, 0.15) is 0 Å². The van der Waals surface area contributed by atoms with Crippen LogP contribution in [0.5, 0.6) is 0 Å². The summed E-state index contributed by atoms with van der Waals surface area (Å²) in [4.78, 5) is 37.7. The molecule has 0 aliphatic carbocycles. The summed E-state index contributed by atoms with van der Waals surface area (Å²) in [5, 5.41) is 2.56. The van der Waals surface area contributed by atoms with Crippen LogP contribution < -0.4 is 5.32 Å². The molecule has 29 heavy (non-hydrogen) atoms. The molecule has 1 unspecified atom stereocenters. The number of alkyl carbamates (subject to hydrolysis) is 1. The van der Waals surface area contributed by atoms with Gasteiger partial charge in [0.05, 0.1) is 0 Å². The second-order valence-corrected chi connectivity index (χ2v) is 11.4. The van der Waals surface area contributed by atoms with Gasteiger partial charge >= 0.3 is 191 Å². The Kier molecular flexibility index (Phi) is 10.9. The minimum absolute atomic E-state index is 0.0536. The number of rotatable bonds is 7. The average Bonchev–Trinajstić information content (AvgIpc) is 2.44. The van der Waals surface area contributed by atoms with Crippen molar-refractivity contribution in [3.05, 3.63) is 9.71 Å². The van der Waals surface area contributed by atoms with Gasteiger partial charge in [-0.2, -0.15) is 0 Å². The van der Waals surface area contributed by atoms with Gasteiger partial charge in [-0.15, -0.1) is 0 Å². The fourth-order valence-corrected chi connectivity index (χ4v) is 2.85. The van der Waals surface area contributed by atoms with Gasteiger partial charge in [0.15, 0.2) is 0 Å². The van der Waals surface area contributed by atoms with Crippen LogP contribution in [0.1, 0.15) is 75.2 Å². The van der Waals surface area contributed by atoms with Crippen LogP contribution in [0.25, 0.3) is 0 Å². The van der Waals surface area contributed by atoms with Crippen LogP contribution in [-0.2, 0) is 23.8 Å². The first-order chi connectivity index (χ1) is 12.9. The molecule has 0 heterocycles. The molecular formula is C21H36NO6Tl. The zero-order valence-corrected chi connectivity index (χ0v) is 23.7. The van der Waals surface area contributed by atoms with E-state index in [1.807, 2.05) is 9.71 Å². The molecule has 0 saturated carbocycles. The van der Waals surface area contributed by atoms with Crippen molar-refractivity contribution < 1.29 is 28.6 Å². The molecule has 1 amide bonds. The topological polar surface area (TPSA) is 90.9 Å². The second-order valence-electron chi connectivity index (χ2n) is 9.86. The van der Waals surface area contributed by atoms with Crippen molar-refractivity contribution in [2.24, 2.45) is 5.92 Å². The number of carbonyl (C=O) groups is 3. The van der Waals surface area contributed by atoms with E-state index in [9.17, 15) is 14.4 Å². The summed E-state index contributed by atoms with van der Waals surface area (Å²) >= 11 is 0.654. The summed E-state index contributed by atoms with van der Waals surface area (Å²) in [5.74, 6) is -1.63. The molecule has 164 valence electrons. The van der Waals surface area contributed by atoms with E-state index in [1.54, 1.807) is 62.3 Å². The molecule has 0 aromatic heterocycles.